The van der Waals surface area contributed by atoms with Gasteiger partial charge in [-0.1, -0.05) is 86.7 Å². The average Bonchev–Trinajstić information content (AvgIpc) is 2.43. The van der Waals surface area contributed by atoms with Gasteiger partial charge in [0.1, 0.15) is 0 Å². The lowest BCUT2D eigenvalue weighted by molar-refractivity contribution is 0.259. The van der Waals surface area contributed by atoms with Gasteiger partial charge in [0.25, 0.3) is 0 Å². The van der Waals surface area contributed by atoms with Gasteiger partial charge in [0.15, 0.2) is 8.32 Å². The average molecular weight is 367 g/mol. The molecule has 0 saturated carbocycles. The predicted octanol–water partition coefficient (Wildman–Crippen LogP) is 7.50. The van der Waals surface area contributed by atoms with E-state index < -0.39 is 8.32 Å². The van der Waals surface area contributed by atoms with Crippen molar-refractivity contribution in [3.05, 3.63) is 35.9 Å². The van der Waals surface area contributed by atoms with Crippen LogP contribution in [0, 0.1) is 11.8 Å². The van der Waals surface area contributed by atoms with Crippen molar-refractivity contribution in [1.29, 1.82) is 0 Å². The summed E-state index contributed by atoms with van der Waals surface area (Å²) < 4.78 is 7.02. The molecule has 0 aliphatic rings. The zero-order valence-electron chi connectivity index (χ0n) is 17.4. The SMILES string of the molecule is CC(C)CP(CC(C)C)C(O[Si](C)(C)C(C)(C)C)c1ccccc1. The van der Waals surface area contributed by atoms with Crippen molar-refractivity contribution in [3.8, 4) is 0 Å². The Labute approximate surface area is 153 Å². The fourth-order valence-electron chi connectivity index (χ4n) is 2.63. The van der Waals surface area contributed by atoms with Gasteiger partial charge in [-0.05, 0) is 47.9 Å². The summed E-state index contributed by atoms with van der Waals surface area (Å²) >= 11 is 0. The summed E-state index contributed by atoms with van der Waals surface area (Å²) in [6, 6.07) is 11.0. The second-order valence-corrected chi connectivity index (χ2v) is 16.5. The van der Waals surface area contributed by atoms with Crippen LogP contribution in [0.2, 0.25) is 18.1 Å². The highest BCUT2D eigenvalue weighted by Crippen LogP contribution is 2.56. The molecule has 1 aromatic carbocycles. The Morgan fingerprint density at radius 1 is 0.917 bits per heavy atom. The van der Waals surface area contributed by atoms with Crippen molar-refractivity contribution in [2.24, 2.45) is 11.8 Å². The minimum atomic E-state index is -1.80. The molecule has 0 aliphatic heterocycles. The quantitative estimate of drug-likeness (QED) is 0.342. The van der Waals surface area contributed by atoms with Gasteiger partial charge >= 0.3 is 0 Å². The van der Waals surface area contributed by atoms with E-state index in [1.54, 1.807) is 0 Å². The molecule has 0 bridgehead atoms. The molecule has 1 rings (SSSR count). The molecule has 0 saturated heterocycles. The van der Waals surface area contributed by atoms with Gasteiger partial charge < -0.3 is 4.43 Å². The van der Waals surface area contributed by atoms with Crippen molar-refractivity contribution in [2.45, 2.75) is 72.4 Å². The summed E-state index contributed by atoms with van der Waals surface area (Å²) in [5.74, 6) is 1.74. The van der Waals surface area contributed by atoms with Crippen molar-refractivity contribution >= 4 is 16.2 Å². The van der Waals surface area contributed by atoms with E-state index in [4.69, 9.17) is 4.43 Å². The standard InChI is InChI=1S/C21H39OPSi/c1-17(2)15-23(16-18(3)4)20(19-13-11-10-12-14-19)22-24(8,9)21(5,6)7/h10-14,17-18,20H,15-16H2,1-9H3. The van der Waals surface area contributed by atoms with Crippen LogP contribution in [-0.2, 0) is 4.43 Å². The highest BCUT2D eigenvalue weighted by molar-refractivity contribution is 7.57. The molecule has 1 aromatic rings. The lowest BCUT2D eigenvalue weighted by Crippen LogP contribution is -2.41. The van der Waals surface area contributed by atoms with Crippen LogP contribution in [-0.4, -0.2) is 20.6 Å². The van der Waals surface area contributed by atoms with Crippen LogP contribution in [0.15, 0.2) is 30.3 Å². The van der Waals surface area contributed by atoms with E-state index in [1.165, 1.54) is 17.9 Å². The first kappa shape index (κ1) is 21.9. The van der Waals surface area contributed by atoms with E-state index >= 15 is 0 Å². The Bertz CT molecular complexity index is 466. The summed E-state index contributed by atoms with van der Waals surface area (Å²) in [5, 5.41) is 0.247. The minimum absolute atomic E-state index is 0.178. The molecule has 0 heterocycles. The molecule has 1 atom stereocenters. The van der Waals surface area contributed by atoms with Crippen LogP contribution in [0.1, 0.15) is 59.9 Å². The van der Waals surface area contributed by atoms with Gasteiger partial charge in [0.05, 0.1) is 5.85 Å². The van der Waals surface area contributed by atoms with Gasteiger partial charge in [-0.25, -0.2) is 0 Å². The Kier molecular flexibility index (Phi) is 8.17. The first-order valence-corrected chi connectivity index (χ1v) is 14.1. The summed E-state index contributed by atoms with van der Waals surface area (Å²) in [6.45, 7) is 21.2. The van der Waals surface area contributed by atoms with Crippen LogP contribution < -0.4 is 0 Å². The number of benzene rings is 1. The third-order valence-corrected chi connectivity index (χ3v) is 12.9. The number of hydrogen-bond acceptors (Lipinski definition) is 1. The maximum atomic E-state index is 7.02. The molecular weight excluding hydrogens is 327 g/mol. The third-order valence-electron chi connectivity index (χ3n) is 4.83. The zero-order chi connectivity index (χ0) is 18.5. The normalized spacial score (nSPS) is 14.7. The second kappa shape index (κ2) is 8.97. The fourth-order valence-corrected chi connectivity index (χ4v) is 8.07. The van der Waals surface area contributed by atoms with Crippen LogP contribution in [0.25, 0.3) is 0 Å². The van der Waals surface area contributed by atoms with E-state index in [-0.39, 0.29) is 18.8 Å². The number of rotatable bonds is 8. The maximum absolute atomic E-state index is 7.02. The van der Waals surface area contributed by atoms with E-state index in [9.17, 15) is 0 Å². The van der Waals surface area contributed by atoms with Gasteiger partial charge in [-0.2, -0.15) is 0 Å². The largest absolute Gasteiger partial charge is 0.406 e. The Morgan fingerprint density at radius 2 is 1.38 bits per heavy atom. The molecule has 138 valence electrons. The van der Waals surface area contributed by atoms with Crippen LogP contribution >= 0.6 is 7.92 Å². The molecule has 24 heavy (non-hydrogen) atoms. The van der Waals surface area contributed by atoms with E-state index in [2.05, 4.69) is 91.9 Å². The van der Waals surface area contributed by atoms with Crippen molar-refractivity contribution in [2.75, 3.05) is 12.3 Å². The lowest BCUT2D eigenvalue weighted by atomic mass is 10.2. The second-order valence-electron chi connectivity index (χ2n) is 9.38. The van der Waals surface area contributed by atoms with E-state index in [1.807, 2.05) is 0 Å². The van der Waals surface area contributed by atoms with Crippen LogP contribution in [0.3, 0.4) is 0 Å². The van der Waals surface area contributed by atoms with Crippen molar-refractivity contribution < 1.29 is 4.43 Å². The summed E-state index contributed by atoms with van der Waals surface area (Å²) in [7, 11) is -1.98. The first-order valence-electron chi connectivity index (χ1n) is 9.41. The first-order chi connectivity index (χ1) is 10.9. The zero-order valence-corrected chi connectivity index (χ0v) is 19.3. The molecule has 1 unspecified atom stereocenters. The Balaban J connectivity index is 3.21. The molecule has 0 radical (unpaired) electrons. The lowest BCUT2D eigenvalue weighted by Gasteiger charge is -2.42. The molecule has 0 fully saturated rings. The van der Waals surface area contributed by atoms with E-state index in [0.717, 1.165) is 11.8 Å². The minimum Gasteiger partial charge on any atom is -0.406 e. The van der Waals surface area contributed by atoms with Crippen molar-refractivity contribution in [3.63, 3.8) is 0 Å². The summed E-state index contributed by atoms with van der Waals surface area (Å²) in [6.07, 6.45) is 2.59. The van der Waals surface area contributed by atoms with Gasteiger partial charge in [-0.15, -0.1) is 0 Å². The predicted molar refractivity (Wildman–Crippen MR) is 114 cm³/mol. The third kappa shape index (κ3) is 6.62. The topological polar surface area (TPSA) is 9.23 Å². The molecule has 0 N–H and O–H groups in total. The number of hydrogen-bond donors (Lipinski definition) is 0. The van der Waals surface area contributed by atoms with Crippen LogP contribution in [0.5, 0.6) is 0 Å². The van der Waals surface area contributed by atoms with Gasteiger partial charge in [0.2, 0.25) is 0 Å². The van der Waals surface area contributed by atoms with Crippen LogP contribution in [0.4, 0.5) is 0 Å². The van der Waals surface area contributed by atoms with Crippen molar-refractivity contribution in [1.82, 2.24) is 0 Å². The molecule has 1 nitrogen and oxygen atoms in total. The molecule has 0 spiro atoms. The Morgan fingerprint density at radius 3 is 1.75 bits per heavy atom. The molecule has 0 aromatic heterocycles. The smallest absolute Gasteiger partial charge is 0.193 e. The highest BCUT2D eigenvalue weighted by atomic mass is 31.1. The van der Waals surface area contributed by atoms with E-state index in [0.29, 0.717) is 0 Å². The highest BCUT2D eigenvalue weighted by Gasteiger charge is 2.41. The maximum Gasteiger partial charge on any atom is 0.193 e. The molecule has 3 heteroatoms. The molecule has 0 amide bonds. The van der Waals surface area contributed by atoms with Gasteiger partial charge in [0, 0.05) is 0 Å². The summed E-state index contributed by atoms with van der Waals surface area (Å²) in [4.78, 5) is 0. The molecule has 0 aliphatic carbocycles. The monoisotopic (exact) mass is 366 g/mol. The Hall–Kier alpha value is -0.173. The molecular formula is C21H39OPSi. The summed E-state index contributed by atoms with van der Waals surface area (Å²) in [5.41, 5.74) is 1.38. The van der Waals surface area contributed by atoms with Gasteiger partial charge in [-0.3, -0.25) is 0 Å². The fraction of sp³-hybridized carbons (Fsp3) is 0.714.